The smallest absolute Gasteiger partial charge is 0.227 e. The maximum Gasteiger partial charge on any atom is 0.227 e. The molecule has 0 aliphatic rings. The number of hydrogen-bond donors (Lipinski definition) is 1. The molecular weight excluding hydrogens is 332 g/mol. The summed E-state index contributed by atoms with van der Waals surface area (Å²) in [6.45, 7) is 2.56. The van der Waals surface area contributed by atoms with Crippen LogP contribution in [0.25, 0.3) is 11.4 Å². The standard InChI is InChI=1S/C13H14BrF2N3O/c1-2-7(6-17)5-10-18-13(19-20-10)8-3-4-9(15)12(16)11(8)14/h3-4,7H,2,5-6,17H2,1H3. The SMILES string of the molecule is CCC(CN)Cc1nc(-c2ccc(F)c(F)c2Br)no1. The lowest BCUT2D eigenvalue weighted by atomic mass is 10.0. The fourth-order valence-electron chi connectivity index (χ4n) is 1.79. The van der Waals surface area contributed by atoms with Crippen LogP contribution in [0.1, 0.15) is 19.2 Å². The molecule has 2 rings (SSSR count). The highest BCUT2D eigenvalue weighted by Crippen LogP contribution is 2.30. The molecule has 1 aromatic heterocycles. The van der Waals surface area contributed by atoms with Crippen LogP contribution in [0, 0.1) is 17.6 Å². The number of nitrogens with zero attached hydrogens (tertiary/aromatic N) is 2. The summed E-state index contributed by atoms with van der Waals surface area (Å²) in [6, 6.07) is 2.43. The topological polar surface area (TPSA) is 64.9 Å². The van der Waals surface area contributed by atoms with Crippen molar-refractivity contribution in [3.05, 3.63) is 34.1 Å². The number of benzene rings is 1. The van der Waals surface area contributed by atoms with E-state index in [0.717, 1.165) is 12.5 Å². The van der Waals surface area contributed by atoms with Gasteiger partial charge < -0.3 is 10.3 Å². The van der Waals surface area contributed by atoms with Crippen molar-refractivity contribution in [2.45, 2.75) is 19.8 Å². The molecule has 7 heteroatoms. The molecule has 0 fully saturated rings. The molecule has 0 aliphatic carbocycles. The van der Waals surface area contributed by atoms with Gasteiger partial charge >= 0.3 is 0 Å². The first-order chi connectivity index (χ1) is 9.56. The van der Waals surface area contributed by atoms with Crippen molar-refractivity contribution in [1.29, 1.82) is 0 Å². The molecule has 1 unspecified atom stereocenters. The summed E-state index contributed by atoms with van der Waals surface area (Å²) in [5.74, 6) is -0.982. The summed E-state index contributed by atoms with van der Waals surface area (Å²) >= 11 is 3.00. The summed E-state index contributed by atoms with van der Waals surface area (Å²) in [6.07, 6.45) is 1.48. The zero-order valence-electron chi connectivity index (χ0n) is 10.9. The van der Waals surface area contributed by atoms with Gasteiger partial charge in [0.05, 0.1) is 4.47 Å². The highest BCUT2D eigenvalue weighted by atomic mass is 79.9. The van der Waals surface area contributed by atoms with Crippen LogP contribution in [0.15, 0.2) is 21.1 Å². The lowest BCUT2D eigenvalue weighted by molar-refractivity contribution is 0.350. The van der Waals surface area contributed by atoms with Crippen molar-refractivity contribution in [2.75, 3.05) is 6.54 Å². The third-order valence-corrected chi connectivity index (χ3v) is 3.89. The maximum absolute atomic E-state index is 13.5. The molecule has 1 heterocycles. The maximum atomic E-state index is 13.5. The average molecular weight is 346 g/mol. The molecule has 1 atom stereocenters. The van der Waals surface area contributed by atoms with Crippen LogP contribution in [-0.4, -0.2) is 16.7 Å². The fourth-order valence-corrected chi connectivity index (χ4v) is 2.29. The van der Waals surface area contributed by atoms with Crippen molar-refractivity contribution in [1.82, 2.24) is 10.1 Å². The minimum Gasteiger partial charge on any atom is -0.339 e. The van der Waals surface area contributed by atoms with Crippen molar-refractivity contribution in [3.63, 3.8) is 0 Å². The van der Waals surface area contributed by atoms with Crippen LogP contribution < -0.4 is 5.73 Å². The fraction of sp³-hybridized carbons (Fsp3) is 0.385. The molecule has 2 aromatic rings. The second kappa shape index (κ2) is 6.41. The van der Waals surface area contributed by atoms with Crippen molar-refractivity contribution in [3.8, 4) is 11.4 Å². The molecule has 0 saturated heterocycles. The summed E-state index contributed by atoms with van der Waals surface area (Å²) < 4.78 is 31.6. The van der Waals surface area contributed by atoms with Crippen LogP contribution in [0.3, 0.4) is 0 Å². The Hall–Kier alpha value is -1.34. The Morgan fingerprint density at radius 2 is 2.15 bits per heavy atom. The van der Waals surface area contributed by atoms with Gasteiger partial charge in [-0.25, -0.2) is 8.78 Å². The summed E-state index contributed by atoms with van der Waals surface area (Å²) in [7, 11) is 0. The number of aromatic nitrogens is 2. The Morgan fingerprint density at radius 3 is 2.80 bits per heavy atom. The largest absolute Gasteiger partial charge is 0.339 e. The number of hydrogen-bond acceptors (Lipinski definition) is 4. The van der Waals surface area contributed by atoms with Crippen LogP contribution in [0.4, 0.5) is 8.78 Å². The van der Waals surface area contributed by atoms with E-state index < -0.39 is 11.6 Å². The molecule has 0 bridgehead atoms. The predicted octanol–water partition coefficient (Wildman–Crippen LogP) is 3.30. The van der Waals surface area contributed by atoms with E-state index in [-0.39, 0.29) is 16.2 Å². The van der Waals surface area contributed by atoms with E-state index >= 15 is 0 Å². The Balaban J connectivity index is 2.27. The van der Waals surface area contributed by atoms with Crippen molar-refractivity contribution >= 4 is 15.9 Å². The van der Waals surface area contributed by atoms with Gasteiger partial charge in [0, 0.05) is 12.0 Å². The first-order valence-corrected chi connectivity index (χ1v) is 7.02. The van der Waals surface area contributed by atoms with E-state index in [9.17, 15) is 8.78 Å². The normalized spacial score (nSPS) is 12.7. The van der Waals surface area contributed by atoms with Gasteiger partial charge in [-0.3, -0.25) is 0 Å². The molecule has 0 radical (unpaired) electrons. The molecule has 0 amide bonds. The Morgan fingerprint density at radius 1 is 1.40 bits per heavy atom. The average Bonchev–Trinajstić information content (AvgIpc) is 2.90. The van der Waals surface area contributed by atoms with Gasteiger partial charge in [-0.15, -0.1) is 0 Å². The van der Waals surface area contributed by atoms with Crippen molar-refractivity contribution in [2.24, 2.45) is 11.7 Å². The molecule has 108 valence electrons. The molecule has 0 aliphatic heterocycles. The minimum absolute atomic E-state index is 0.0179. The molecule has 0 saturated carbocycles. The lowest BCUT2D eigenvalue weighted by Crippen LogP contribution is -2.15. The molecule has 20 heavy (non-hydrogen) atoms. The van der Waals surface area contributed by atoms with Crippen molar-refractivity contribution < 1.29 is 13.3 Å². The number of rotatable bonds is 5. The molecule has 1 aromatic carbocycles. The van der Waals surface area contributed by atoms with Gasteiger partial charge in [0.1, 0.15) is 0 Å². The van der Waals surface area contributed by atoms with Gasteiger partial charge in [0.15, 0.2) is 11.6 Å². The second-order valence-corrected chi connectivity index (χ2v) is 5.24. The molecule has 2 N–H and O–H groups in total. The minimum atomic E-state index is -0.970. The summed E-state index contributed by atoms with van der Waals surface area (Å²) in [4.78, 5) is 4.20. The zero-order valence-corrected chi connectivity index (χ0v) is 12.5. The first kappa shape index (κ1) is 15.1. The van der Waals surface area contributed by atoms with E-state index in [2.05, 4.69) is 26.1 Å². The van der Waals surface area contributed by atoms with E-state index in [0.29, 0.717) is 24.4 Å². The highest BCUT2D eigenvalue weighted by molar-refractivity contribution is 9.10. The Labute approximate surface area is 123 Å². The highest BCUT2D eigenvalue weighted by Gasteiger charge is 2.18. The number of nitrogens with two attached hydrogens (primary N) is 1. The zero-order chi connectivity index (χ0) is 14.7. The van der Waals surface area contributed by atoms with Gasteiger partial charge in [-0.05, 0) is 40.5 Å². The third-order valence-electron chi connectivity index (χ3n) is 3.12. The van der Waals surface area contributed by atoms with Crippen LogP contribution in [0.2, 0.25) is 0 Å². The van der Waals surface area contributed by atoms with Gasteiger partial charge in [0.25, 0.3) is 0 Å². The Kier molecular flexibility index (Phi) is 4.82. The quantitative estimate of drug-likeness (QED) is 0.844. The third kappa shape index (κ3) is 3.04. The Bertz CT molecular complexity index is 599. The monoisotopic (exact) mass is 345 g/mol. The molecular formula is C13H14BrF2N3O. The summed E-state index contributed by atoms with van der Waals surface area (Å²) in [5.41, 5.74) is 5.97. The van der Waals surface area contributed by atoms with Crippen LogP contribution >= 0.6 is 15.9 Å². The van der Waals surface area contributed by atoms with Crippen LogP contribution in [0.5, 0.6) is 0 Å². The molecule has 4 nitrogen and oxygen atoms in total. The van der Waals surface area contributed by atoms with Gasteiger partial charge in [-0.2, -0.15) is 4.98 Å². The summed E-state index contributed by atoms with van der Waals surface area (Å²) in [5, 5.41) is 3.79. The number of halogens is 3. The van der Waals surface area contributed by atoms with E-state index in [4.69, 9.17) is 10.3 Å². The predicted molar refractivity (Wildman–Crippen MR) is 73.9 cm³/mol. The van der Waals surface area contributed by atoms with Gasteiger partial charge in [-0.1, -0.05) is 18.5 Å². The van der Waals surface area contributed by atoms with E-state index in [1.165, 1.54) is 6.07 Å². The molecule has 0 spiro atoms. The lowest BCUT2D eigenvalue weighted by Gasteiger charge is -2.07. The van der Waals surface area contributed by atoms with E-state index in [1.54, 1.807) is 0 Å². The van der Waals surface area contributed by atoms with Gasteiger partial charge in [0.2, 0.25) is 11.7 Å². The van der Waals surface area contributed by atoms with Crippen LogP contribution in [-0.2, 0) is 6.42 Å². The van der Waals surface area contributed by atoms with E-state index in [1.807, 2.05) is 6.92 Å². The first-order valence-electron chi connectivity index (χ1n) is 6.23. The second-order valence-electron chi connectivity index (χ2n) is 4.45.